The highest BCUT2D eigenvalue weighted by molar-refractivity contribution is 6.32. The van der Waals surface area contributed by atoms with Gasteiger partial charge in [0.2, 0.25) is 11.6 Å². The number of aryl methyl sites for hydroxylation is 1. The number of halogens is 1. The zero-order valence-corrected chi connectivity index (χ0v) is 21.1. The fourth-order valence-corrected chi connectivity index (χ4v) is 4.64. The van der Waals surface area contributed by atoms with Crippen LogP contribution in [0.2, 0.25) is 5.15 Å². The number of nitrogens with two attached hydrogens (primary N) is 1. The van der Waals surface area contributed by atoms with E-state index in [-0.39, 0.29) is 17.3 Å². The molecule has 3 N–H and O–H groups in total. The normalized spacial score (nSPS) is 16.5. The third-order valence-corrected chi connectivity index (χ3v) is 6.74. The second-order valence-electron chi connectivity index (χ2n) is 8.82. The molecule has 1 aromatic carbocycles. The maximum absolute atomic E-state index is 13.1. The molecule has 0 bridgehead atoms. The molecule has 1 aliphatic rings. The van der Waals surface area contributed by atoms with E-state index in [1.807, 2.05) is 37.3 Å². The number of para-hydroxylation sites is 1. The van der Waals surface area contributed by atoms with E-state index in [4.69, 9.17) is 22.0 Å². The van der Waals surface area contributed by atoms with Crippen LogP contribution in [-0.2, 0) is 6.54 Å². The van der Waals surface area contributed by atoms with Crippen LogP contribution in [0.25, 0.3) is 11.5 Å². The monoisotopic (exact) mass is 523 g/mol. The minimum atomic E-state index is -0.540. The molecule has 0 spiro atoms. The van der Waals surface area contributed by atoms with Crippen molar-refractivity contribution in [2.45, 2.75) is 45.7 Å². The molecule has 0 aliphatic carbocycles. The SMILES string of the molecule is Cc1nn(-c2ccccc2)c(Cl)c1/C=N/NC(=O)c1nnn(-c2nonc2N)c1CN1CCCC[C@@H]1C. The Balaban J connectivity index is 1.39. The largest absolute Gasteiger partial charge is 0.378 e. The lowest BCUT2D eigenvalue weighted by Crippen LogP contribution is -2.38. The number of carbonyl (C=O) groups excluding carboxylic acids is 1. The molecule has 1 fully saturated rings. The molecule has 4 aromatic rings. The molecule has 14 heteroatoms. The van der Waals surface area contributed by atoms with E-state index in [1.54, 1.807) is 4.68 Å². The van der Waals surface area contributed by atoms with E-state index in [1.165, 1.54) is 17.3 Å². The summed E-state index contributed by atoms with van der Waals surface area (Å²) in [6.45, 7) is 5.28. The molecule has 13 nitrogen and oxygen atoms in total. The number of rotatable bonds is 7. The van der Waals surface area contributed by atoms with Gasteiger partial charge >= 0.3 is 0 Å². The fraction of sp³-hybridized carbons (Fsp3) is 0.348. The van der Waals surface area contributed by atoms with Crippen molar-refractivity contribution in [3.8, 4) is 11.5 Å². The van der Waals surface area contributed by atoms with E-state index in [2.05, 4.69) is 48.1 Å². The van der Waals surface area contributed by atoms with Gasteiger partial charge in [-0.3, -0.25) is 9.69 Å². The first kappa shape index (κ1) is 24.6. The van der Waals surface area contributed by atoms with Crippen LogP contribution in [-0.4, -0.2) is 64.7 Å². The smallest absolute Gasteiger partial charge is 0.293 e. The summed E-state index contributed by atoms with van der Waals surface area (Å²) in [5.41, 5.74) is 11.1. The van der Waals surface area contributed by atoms with Crippen LogP contribution >= 0.6 is 11.6 Å². The summed E-state index contributed by atoms with van der Waals surface area (Å²) in [6.07, 6.45) is 4.76. The molecule has 0 unspecified atom stereocenters. The number of nitrogens with zero attached hydrogens (tertiary/aromatic N) is 9. The van der Waals surface area contributed by atoms with Gasteiger partial charge in [-0.15, -0.1) is 5.10 Å². The third-order valence-electron chi connectivity index (χ3n) is 6.38. The molecule has 1 aliphatic heterocycles. The van der Waals surface area contributed by atoms with Crippen molar-refractivity contribution < 1.29 is 9.42 Å². The summed E-state index contributed by atoms with van der Waals surface area (Å²) < 4.78 is 7.73. The van der Waals surface area contributed by atoms with E-state index >= 15 is 0 Å². The average Bonchev–Trinajstić information content (AvgIpc) is 3.59. The van der Waals surface area contributed by atoms with Crippen molar-refractivity contribution in [1.82, 2.24) is 45.4 Å². The number of nitrogen functional groups attached to an aromatic ring is 1. The lowest BCUT2D eigenvalue weighted by Gasteiger charge is -2.33. The summed E-state index contributed by atoms with van der Waals surface area (Å²) in [5.74, 6) is -0.324. The lowest BCUT2D eigenvalue weighted by molar-refractivity contribution is 0.0945. The van der Waals surface area contributed by atoms with Gasteiger partial charge < -0.3 is 5.73 Å². The van der Waals surface area contributed by atoms with E-state index in [0.29, 0.717) is 34.7 Å². The van der Waals surface area contributed by atoms with Gasteiger partial charge in [-0.2, -0.15) is 14.9 Å². The van der Waals surface area contributed by atoms with Crippen molar-refractivity contribution in [2.75, 3.05) is 12.3 Å². The molecule has 0 radical (unpaired) electrons. The number of amides is 1. The van der Waals surface area contributed by atoms with Gasteiger partial charge in [0.15, 0.2) is 5.69 Å². The number of benzene rings is 1. The predicted octanol–water partition coefficient (Wildman–Crippen LogP) is 2.52. The topological polar surface area (TPSA) is 158 Å². The highest BCUT2D eigenvalue weighted by Gasteiger charge is 2.28. The first-order valence-electron chi connectivity index (χ1n) is 11.8. The number of likely N-dealkylation sites (tertiary alicyclic amines) is 1. The molecular weight excluding hydrogens is 498 g/mol. The van der Waals surface area contributed by atoms with Crippen LogP contribution in [0.4, 0.5) is 5.82 Å². The van der Waals surface area contributed by atoms with Gasteiger partial charge in [0.05, 0.1) is 28.9 Å². The van der Waals surface area contributed by atoms with Gasteiger partial charge in [0, 0.05) is 12.6 Å². The summed E-state index contributed by atoms with van der Waals surface area (Å²) >= 11 is 6.55. The van der Waals surface area contributed by atoms with Gasteiger partial charge in [-0.25, -0.2) is 14.7 Å². The second-order valence-corrected chi connectivity index (χ2v) is 9.18. The van der Waals surface area contributed by atoms with Gasteiger partial charge in [-0.05, 0) is 55.7 Å². The van der Waals surface area contributed by atoms with E-state index in [0.717, 1.165) is 25.1 Å². The Labute approximate surface area is 217 Å². The Morgan fingerprint density at radius 3 is 2.81 bits per heavy atom. The number of hydrogen-bond donors (Lipinski definition) is 2. The van der Waals surface area contributed by atoms with Gasteiger partial charge in [0.1, 0.15) is 5.15 Å². The van der Waals surface area contributed by atoms with Crippen LogP contribution in [0.15, 0.2) is 40.1 Å². The Morgan fingerprint density at radius 1 is 1.27 bits per heavy atom. The minimum absolute atomic E-state index is 0.0448. The van der Waals surface area contributed by atoms with Crippen molar-refractivity contribution >= 4 is 29.5 Å². The van der Waals surface area contributed by atoms with E-state index < -0.39 is 5.91 Å². The maximum atomic E-state index is 13.1. The number of hydrogen-bond acceptors (Lipinski definition) is 10. The van der Waals surface area contributed by atoms with Crippen LogP contribution < -0.4 is 11.2 Å². The molecule has 1 amide bonds. The Kier molecular flexibility index (Phi) is 6.97. The summed E-state index contributed by atoms with van der Waals surface area (Å²) in [4.78, 5) is 15.4. The number of aromatic nitrogens is 7. The number of hydrazone groups is 1. The Bertz CT molecular complexity index is 1430. The highest BCUT2D eigenvalue weighted by Crippen LogP contribution is 2.24. The molecule has 0 saturated carbocycles. The zero-order chi connectivity index (χ0) is 25.9. The summed E-state index contributed by atoms with van der Waals surface area (Å²) in [5, 5.41) is 24.6. The standard InChI is InChI=1S/C23H26ClN11O2/c1-14-8-6-7-11-33(14)13-18-19(27-32-35(18)22-21(25)30-37-31-22)23(36)28-26-12-17-15(2)29-34(20(17)24)16-9-4-3-5-10-16/h3-5,9-10,12,14H,6-8,11,13H2,1-2H3,(H2,25,30)(H,28,36)/b26-12+/t14-/m0/s1. The lowest BCUT2D eigenvalue weighted by atomic mass is 10.0. The highest BCUT2D eigenvalue weighted by atomic mass is 35.5. The first-order chi connectivity index (χ1) is 17.9. The van der Waals surface area contributed by atoms with Crippen LogP contribution in [0.3, 0.4) is 0 Å². The van der Waals surface area contributed by atoms with Crippen molar-refractivity contribution in [2.24, 2.45) is 5.10 Å². The third kappa shape index (κ3) is 4.95. The molecule has 192 valence electrons. The molecule has 1 saturated heterocycles. The maximum Gasteiger partial charge on any atom is 0.293 e. The zero-order valence-electron chi connectivity index (χ0n) is 20.4. The molecule has 4 heterocycles. The second kappa shape index (κ2) is 10.5. The van der Waals surface area contributed by atoms with Crippen LogP contribution in [0.1, 0.15) is 53.6 Å². The molecule has 3 aromatic heterocycles. The summed E-state index contributed by atoms with van der Waals surface area (Å²) in [7, 11) is 0. The van der Waals surface area contributed by atoms with Crippen molar-refractivity contribution in [3.05, 3.63) is 58.1 Å². The summed E-state index contributed by atoms with van der Waals surface area (Å²) in [6, 6.07) is 9.84. The van der Waals surface area contributed by atoms with Crippen LogP contribution in [0, 0.1) is 6.92 Å². The molecule has 1 atom stereocenters. The number of anilines is 1. The number of nitrogens with one attached hydrogen (secondary N) is 1. The Morgan fingerprint density at radius 2 is 2.08 bits per heavy atom. The number of piperidine rings is 1. The van der Waals surface area contributed by atoms with Crippen molar-refractivity contribution in [3.63, 3.8) is 0 Å². The van der Waals surface area contributed by atoms with E-state index in [9.17, 15) is 4.79 Å². The van der Waals surface area contributed by atoms with Gasteiger partial charge in [0.25, 0.3) is 5.91 Å². The van der Waals surface area contributed by atoms with Crippen LogP contribution in [0.5, 0.6) is 0 Å². The van der Waals surface area contributed by atoms with Crippen molar-refractivity contribution in [1.29, 1.82) is 0 Å². The predicted molar refractivity (Wildman–Crippen MR) is 136 cm³/mol. The minimum Gasteiger partial charge on any atom is -0.378 e. The number of carbonyl (C=O) groups is 1. The molecular formula is C23H26ClN11O2. The quantitative estimate of drug-likeness (QED) is 0.274. The Hall–Kier alpha value is -4.10. The first-order valence-corrected chi connectivity index (χ1v) is 12.2. The average molecular weight is 524 g/mol. The molecule has 37 heavy (non-hydrogen) atoms. The van der Waals surface area contributed by atoms with Gasteiger partial charge in [-0.1, -0.05) is 41.4 Å². The molecule has 5 rings (SSSR count). The fourth-order valence-electron chi connectivity index (χ4n) is 4.32.